The lowest BCUT2D eigenvalue weighted by atomic mass is 10.1. The molecule has 1 saturated heterocycles. The average Bonchev–Trinajstić information content (AvgIpc) is 2.69. The monoisotopic (exact) mass is 381 g/mol. The van der Waals surface area contributed by atoms with Gasteiger partial charge in [0.25, 0.3) is 10.0 Å². The number of anilines is 2. The maximum atomic E-state index is 12.9. The Bertz CT molecular complexity index is 1070. The van der Waals surface area contributed by atoms with Crippen LogP contribution in [0.15, 0.2) is 65.6 Å². The van der Waals surface area contributed by atoms with Crippen molar-refractivity contribution in [1.29, 1.82) is 0 Å². The number of rotatable bonds is 4. The van der Waals surface area contributed by atoms with E-state index in [-0.39, 0.29) is 4.90 Å². The summed E-state index contributed by atoms with van der Waals surface area (Å²) in [5.74, 6) is 0. The molecular weight excluding hydrogens is 358 g/mol. The van der Waals surface area contributed by atoms with Gasteiger partial charge in [-0.15, -0.1) is 0 Å². The Morgan fingerprint density at radius 1 is 0.926 bits per heavy atom. The molecular formula is C21H23N3O2S. The van der Waals surface area contributed by atoms with Gasteiger partial charge in [0.2, 0.25) is 0 Å². The first-order valence-electron chi connectivity index (χ1n) is 9.11. The van der Waals surface area contributed by atoms with Crippen molar-refractivity contribution in [2.75, 3.05) is 35.8 Å². The molecule has 0 amide bonds. The van der Waals surface area contributed by atoms with E-state index in [1.165, 1.54) is 0 Å². The van der Waals surface area contributed by atoms with Crippen LogP contribution in [0.2, 0.25) is 0 Å². The largest absolute Gasteiger partial charge is 0.368 e. The van der Waals surface area contributed by atoms with Crippen LogP contribution >= 0.6 is 0 Å². The molecule has 0 atom stereocenters. The number of piperazine rings is 1. The summed E-state index contributed by atoms with van der Waals surface area (Å²) in [5.41, 5.74) is 2.66. The van der Waals surface area contributed by atoms with Crippen molar-refractivity contribution < 1.29 is 8.42 Å². The molecule has 0 aliphatic carbocycles. The second kappa shape index (κ2) is 7.21. The predicted octanol–water partition coefficient (Wildman–Crippen LogP) is 3.36. The molecule has 0 spiro atoms. The topological polar surface area (TPSA) is 61.4 Å². The van der Waals surface area contributed by atoms with Gasteiger partial charge in [-0.2, -0.15) is 0 Å². The van der Waals surface area contributed by atoms with Gasteiger partial charge in [-0.1, -0.05) is 36.4 Å². The van der Waals surface area contributed by atoms with Crippen LogP contribution < -0.4 is 14.9 Å². The molecule has 2 N–H and O–H groups in total. The molecule has 4 rings (SSSR count). The number of fused-ring (bicyclic) bond motifs is 1. The second-order valence-corrected chi connectivity index (χ2v) is 8.52. The van der Waals surface area contributed by atoms with E-state index < -0.39 is 10.0 Å². The molecule has 6 heteroatoms. The summed E-state index contributed by atoms with van der Waals surface area (Å²) < 4.78 is 28.5. The van der Waals surface area contributed by atoms with Crippen LogP contribution in [0.25, 0.3) is 10.8 Å². The van der Waals surface area contributed by atoms with Gasteiger partial charge in [-0.05, 0) is 36.8 Å². The summed E-state index contributed by atoms with van der Waals surface area (Å²) in [6.07, 6.45) is 0. The Morgan fingerprint density at radius 2 is 1.67 bits per heavy atom. The highest BCUT2D eigenvalue weighted by molar-refractivity contribution is 7.92. The molecule has 1 aliphatic heterocycles. The van der Waals surface area contributed by atoms with Crippen molar-refractivity contribution in [3.8, 4) is 0 Å². The maximum Gasteiger partial charge on any atom is 0.261 e. The Labute approximate surface area is 160 Å². The van der Waals surface area contributed by atoms with E-state index in [1.807, 2.05) is 43.3 Å². The van der Waals surface area contributed by atoms with Crippen molar-refractivity contribution >= 4 is 32.2 Å². The molecule has 0 unspecified atom stereocenters. The van der Waals surface area contributed by atoms with Crippen LogP contribution in [0.4, 0.5) is 11.4 Å². The Balaban J connectivity index is 1.75. The van der Waals surface area contributed by atoms with Crippen molar-refractivity contribution in [1.82, 2.24) is 5.32 Å². The van der Waals surface area contributed by atoms with Gasteiger partial charge in [0.05, 0.1) is 10.6 Å². The molecule has 0 bridgehead atoms. The van der Waals surface area contributed by atoms with E-state index >= 15 is 0 Å². The second-order valence-electron chi connectivity index (χ2n) is 6.84. The molecule has 1 heterocycles. The molecule has 1 fully saturated rings. The van der Waals surface area contributed by atoms with Crippen molar-refractivity contribution in [2.45, 2.75) is 11.8 Å². The molecule has 0 aromatic heterocycles. The highest BCUT2D eigenvalue weighted by atomic mass is 32.2. The lowest BCUT2D eigenvalue weighted by Crippen LogP contribution is -2.43. The molecule has 5 nitrogen and oxygen atoms in total. The zero-order chi connectivity index (χ0) is 18.9. The standard InChI is InChI=1S/C21H23N3O2S/c1-16-5-4-6-17(15-16)27(25,26)23-20-9-10-21(24-13-11-22-12-14-24)19-8-3-2-7-18(19)20/h2-10,15,22-23H,11-14H2,1H3. The summed E-state index contributed by atoms with van der Waals surface area (Å²) in [6.45, 7) is 5.68. The molecule has 1 aliphatic rings. The van der Waals surface area contributed by atoms with E-state index in [9.17, 15) is 8.42 Å². The predicted molar refractivity (Wildman–Crippen MR) is 111 cm³/mol. The Morgan fingerprint density at radius 3 is 2.41 bits per heavy atom. The minimum atomic E-state index is -3.64. The highest BCUT2D eigenvalue weighted by Gasteiger charge is 2.18. The average molecular weight is 382 g/mol. The van der Waals surface area contributed by atoms with Gasteiger partial charge in [-0.25, -0.2) is 8.42 Å². The molecule has 3 aromatic carbocycles. The van der Waals surface area contributed by atoms with E-state index in [4.69, 9.17) is 0 Å². The number of benzene rings is 3. The van der Waals surface area contributed by atoms with Gasteiger partial charge in [0.15, 0.2) is 0 Å². The van der Waals surface area contributed by atoms with Crippen LogP contribution in [0.1, 0.15) is 5.56 Å². The van der Waals surface area contributed by atoms with Gasteiger partial charge in [0.1, 0.15) is 0 Å². The van der Waals surface area contributed by atoms with Crippen molar-refractivity contribution in [3.05, 3.63) is 66.2 Å². The maximum absolute atomic E-state index is 12.9. The summed E-state index contributed by atoms with van der Waals surface area (Å²) in [6, 6.07) is 18.8. The zero-order valence-corrected chi connectivity index (χ0v) is 16.1. The number of aryl methyl sites for hydroxylation is 1. The fraction of sp³-hybridized carbons (Fsp3) is 0.238. The minimum absolute atomic E-state index is 0.276. The molecule has 0 saturated carbocycles. The fourth-order valence-corrected chi connectivity index (χ4v) is 4.72. The fourth-order valence-electron chi connectivity index (χ4n) is 3.54. The lowest BCUT2D eigenvalue weighted by molar-refractivity contribution is 0.590. The molecule has 27 heavy (non-hydrogen) atoms. The smallest absolute Gasteiger partial charge is 0.261 e. The third kappa shape index (κ3) is 3.63. The minimum Gasteiger partial charge on any atom is -0.368 e. The van der Waals surface area contributed by atoms with Crippen LogP contribution in [0, 0.1) is 6.92 Å². The van der Waals surface area contributed by atoms with Gasteiger partial charge >= 0.3 is 0 Å². The van der Waals surface area contributed by atoms with Crippen molar-refractivity contribution in [2.24, 2.45) is 0 Å². The summed E-state index contributed by atoms with van der Waals surface area (Å²) in [5, 5.41) is 5.33. The van der Waals surface area contributed by atoms with Gasteiger partial charge in [-0.3, -0.25) is 4.72 Å². The highest BCUT2D eigenvalue weighted by Crippen LogP contribution is 2.33. The number of sulfonamides is 1. The van der Waals surface area contributed by atoms with Crippen LogP contribution in [0.3, 0.4) is 0 Å². The Hall–Kier alpha value is -2.57. The van der Waals surface area contributed by atoms with E-state index in [0.717, 1.165) is 48.2 Å². The van der Waals surface area contributed by atoms with Gasteiger partial charge in [0, 0.05) is 42.6 Å². The van der Waals surface area contributed by atoms with Crippen molar-refractivity contribution in [3.63, 3.8) is 0 Å². The van der Waals surface area contributed by atoms with Crippen LogP contribution in [-0.4, -0.2) is 34.6 Å². The quantitative estimate of drug-likeness (QED) is 0.728. The van der Waals surface area contributed by atoms with Gasteiger partial charge < -0.3 is 10.2 Å². The molecule has 0 radical (unpaired) electrons. The molecule has 140 valence electrons. The lowest BCUT2D eigenvalue weighted by Gasteiger charge is -2.30. The number of nitrogens with zero attached hydrogens (tertiary/aromatic N) is 1. The third-order valence-electron chi connectivity index (χ3n) is 4.90. The SMILES string of the molecule is Cc1cccc(S(=O)(=O)Nc2ccc(N3CCNCC3)c3ccccc23)c1. The number of hydrogen-bond acceptors (Lipinski definition) is 4. The molecule has 3 aromatic rings. The van der Waals surface area contributed by atoms with Crippen LogP contribution in [-0.2, 0) is 10.0 Å². The summed E-state index contributed by atoms with van der Waals surface area (Å²) in [7, 11) is -3.64. The number of nitrogens with one attached hydrogen (secondary N) is 2. The number of hydrogen-bond donors (Lipinski definition) is 2. The summed E-state index contributed by atoms with van der Waals surface area (Å²) >= 11 is 0. The third-order valence-corrected chi connectivity index (χ3v) is 6.27. The Kier molecular flexibility index (Phi) is 4.76. The van der Waals surface area contributed by atoms with Crippen LogP contribution in [0.5, 0.6) is 0 Å². The van der Waals surface area contributed by atoms with E-state index in [0.29, 0.717) is 5.69 Å². The first kappa shape index (κ1) is 17.8. The zero-order valence-electron chi connectivity index (χ0n) is 15.3. The first-order chi connectivity index (χ1) is 13.0. The van der Waals surface area contributed by atoms with E-state index in [1.54, 1.807) is 18.2 Å². The van der Waals surface area contributed by atoms with E-state index in [2.05, 4.69) is 21.0 Å². The summed E-state index contributed by atoms with van der Waals surface area (Å²) in [4.78, 5) is 2.62. The normalized spacial score (nSPS) is 15.1. The first-order valence-corrected chi connectivity index (χ1v) is 10.6.